The normalized spacial score (nSPS) is 28.9. The van der Waals surface area contributed by atoms with Crippen LogP contribution in [0.15, 0.2) is 24.3 Å². The highest BCUT2D eigenvalue weighted by Crippen LogP contribution is 2.35. The molecule has 4 nitrogen and oxygen atoms in total. The van der Waals surface area contributed by atoms with Crippen LogP contribution >= 0.6 is 11.6 Å². The molecule has 2 aliphatic rings. The minimum atomic E-state index is -0.206. The molecule has 0 bridgehead atoms. The molecule has 108 valence electrons. The maximum Gasteiger partial charge on any atom is 0.234 e. The number of amides is 1. The van der Waals surface area contributed by atoms with E-state index in [0.29, 0.717) is 25.6 Å². The van der Waals surface area contributed by atoms with E-state index in [1.54, 1.807) is 0 Å². The summed E-state index contributed by atoms with van der Waals surface area (Å²) in [6.07, 6.45) is -0.0746. The highest BCUT2D eigenvalue weighted by Gasteiger charge is 2.37. The molecular weight excluding hydrogens is 278 g/mol. The third-order valence-electron chi connectivity index (χ3n) is 3.96. The molecule has 0 aromatic heterocycles. The van der Waals surface area contributed by atoms with E-state index in [9.17, 15) is 4.79 Å². The summed E-state index contributed by atoms with van der Waals surface area (Å²) < 4.78 is 11.2. The van der Waals surface area contributed by atoms with Crippen LogP contribution in [0.1, 0.15) is 18.4 Å². The lowest BCUT2D eigenvalue weighted by atomic mass is 9.98. The summed E-state index contributed by atoms with van der Waals surface area (Å²) in [4.78, 5) is 14.7. The molecule has 2 aliphatic heterocycles. The zero-order chi connectivity index (χ0) is 14.1. The summed E-state index contributed by atoms with van der Waals surface area (Å²) in [5.41, 5.74) is 0.985. The second kappa shape index (κ2) is 5.62. The first kappa shape index (κ1) is 13.7. The Morgan fingerprint density at radius 2 is 2.20 bits per heavy atom. The van der Waals surface area contributed by atoms with E-state index in [1.807, 2.05) is 36.1 Å². The molecule has 5 heteroatoms. The first-order chi connectivity index (χ1) is 9.70. The first-order valence-corrected chi connectivity index (χ1v) is 7.44. The Kier molecular flexibility index (Phi) is 3.85. The summed E-state index contributed by atoms with van der Waals surface area (Å²) in [5, 5.41) is 0. The fraction of sp³-hybridized carbons (Fsp3) is 0.533. The number of carbonyl (C=O) groups is 1. The van der Waals surface area contributed by atoms with E-state index in [1.165, 1.54) is 0 Å². The van der Waals surface area contributed by atoms with Gasteiger partial charge in [-0.05, 0) is 13.0 Å². The lowest BCUT2D eigenvalue weighted by molar-refractivity contribution is -0.144. The molecule has 3 unspecified atom stereocenters. The molecule has 0 spiro atoms. The predicted molar refractivity (Wildman–Crippen MR) is 76.3 cm³/mol. The van der Waals surface area contributed by atoms with Gasteiger partial charge in [0.1, 0.15) is 18.3 Å². The van der Waals surface area contributed by atoms with Gasteiger partial charge in [0, 0.05) is 12.1 Å². The van der Waals surface area contributed by atoms with E-state index in [-0.39, 0.29) is 24.0 Å². The molecule has 1 aromatic rings. The van der Waals surface area contributed by atoms with Crippen LogP contribution < -0.4 is 4.74 Å². The van der Waals surface area contributed by atoms with Crippen LogP contribution in [0.2, 0.25) is 0 Å². The molecule has 2 heterocycles. The molecule has 1 fully saturated rings. The number of halogens is 1. The third-order valence-corrected chi connectivity index (χ3v) is 4.30. The molecule has 0 aliphatic carbocycles. The number of morpholine rings is 1. The largest absolute Gasteiger partial charge is 0.492 e. The average molecular weight is 296 g/mol. The first-order valence-electron chi connectivity index (χ1n) is 6.90. The SMILES string of the molecule is CC1COC(CCl)CN1C(=O)C1COc2ccccc21. The molecule has 20 heavy (non-hydrogen) atoms. The van der Waals surface area contributed by atoms with Crippen LogP contribution in [-0.4, -0.2) is 48.6 Å². The Morgan fingerprint density at radius 1 is 1.40 bits per heavy atom. The summed E-state index contributed by atoms with van der Waals surface area (Å²) in [7, 11) is 0. The van der Waals surface area contributed by atoms with Crippen molar-refractivity contribution in [3.8, 4) is 5.75 Å². The van der Waals surface area contributed by atoms with Gasteiger partial charge in [0.05, 0.1) is 24.6 Å². The Labute approximate surface area is 123 Å². The molecule has 3 rings (SSSR count). The van der Waals surface area contributed by atoms with Gasteiger partial charge < -0.3 is 14.4 Å². The molecule has 1 amide bonds. The quantitative estimate of drug-likeness (QED) is 0.784. The van der Waals surface area contributed by atoms with Gasteiger partial charge in [0.15, 0.2) is 0 Å². The van der Waals surface area contributed by atoms with Crippen LogP contribution in [0.4, 0.5) is 0 Å². The van der Waals surface area contributed by atoms with Gasteiger partial charge in [-0.25, -0.2) is 0 Å². The van der Waals surface area contributed by atoms with Crippen molar-refractivity contribution in [2.75, 3.05) is 25.6 Å². The highest BCUT2D eigenvalue weighted by atomic mass is 35.5. The van der Waals surface area contributed by atoms with E-state index < -0.39 is 0 Å². The summed E-state index contributed by atoms with van der Waals surface area (Å²) in [6, 6.07) is 7.82. The van der Waals surface area contributed by atoms with Crippen molar-refractivity contribution in [1.29, 1.82) is 0 Å². The number of nitrogens with zero attached hydrogens (tertiary/aromatic N) is 1. The number of carbonyl (C=O) groups excluding carboxylic acids is 1. The van der Waals surface area contributed by atoms with Gasteiger partial charge in [-0.15, -0.1) is 11.6 Å². The van der Waals surface area contributed by atoms with Crippen molar-refractivity contribution in [3.05, 3.63) is 29.8 Å². The topological polar surface area (TPSA) is 38.8 Å². The van der Waals surface area contributed by atoms with Gasteiger partial charge >= 0.3 is 0 Å². The number of hydrogen-bond donors (Lipinski definition) is 0. The lowest BCUT2D eigenvalue weighted by Gasteiger charge is -2.38. The van der Waals surface area contributed by atoms with Crippen LogP contribution in [0.25, 0.3) is 0 Å². The van der Waals surface area contributed by atoms with Crippen molar-refractivity contribution < 1.29 is 14.3 Å². The maximum absolute atomic E-state index is 12.8. The van der Waals surface area contributed by atoms with Gasteiger partial charge in [-0.3, -0.25) is 4.79 Å². The fourth-order valence-electron chi connectivity index (χ4n) is 2.79. The Balaban J connectivity index is 1.79. The molecule has 0 radical (unpaired) electrons. The summed E-state index contributed by atoms with van der Waals surface area (Å²) >= 11 is 5.85. The van der Waals surface area contributed by atoms with E-state index in [0.717, 1.165) is 11.3 Å². The summed E-state index contributed by atoms with van der Waals surface area (Å²) in [5.74, 6) is 1.14. The second-order valence-electron chi connectivity index (χ2n) is 5.35. The Morgan fingerprint density at radius 3 is 3.00 bits per heavy atom. The van der Waals surface area contributed by atoms with Crippen molar-refractivity contribution in [1.82, 2.24) is 4.90 Å². The summed E-state index contributed by atoms with van der Waals surface area (Å²) in [6.45, 7) is 3.53. The number of ether oxygens (including phenoxy) is 2. The zero-order valence-electron chi connectivity index (χ0n) is 11.4. The lowest BCUT2D eigenvalue weighted by Crippen LogP contribution is -2.53. The standard InChI is InChI=1S/C15H18ClNO3/c1-10-8-19-11(6-16)7-17(10)15(18)13-9-20-14-5-3-2-4-12(13)14/h2-5,10-11,13H,6-9H2,1H3. The van der Waals surface area contributed by atoms with Gasteiger partial charge in [0.2, 0.25) is 5.91 Å². The smallest absolute Gasteiger partial charge is 0.234 e. The average Bonchev–Trinajstić information content (AvgIpc) is 2.91. The molecular formula is C15H18ClNO3. The third kappa shape index (κ3) is 2.38. The van der Waals surface area contributed by atoms with E-state index in [2.05, 4.69) is 0 Å². The van der Waals surface area contributed by atoms with Crippen molar-refractivity contribution in [2.24, 2.45) is 0 Å². The number of benzene rings is 1. The van der Waals surface area contributed by atoms with E-state index >= 15 is 0 Å². The number of alkyl halides is 1. The fourth-order valence-corrected chi connectivity index (χ4v) is 2.97. The number of hydrogen-bond acceptors (Lipinski definition) is 3. The second-order valence-corrected chi connectivity index (χ2v) is 5.66. The van der Waals surface area contributed by atoms with Crippen molar-refractivity contribution >= 4 is 17.5 Å². The molecule has 1 saturated heterocycles. The Bertz CT molecular complexity index is 508. The van der Waals surface area contributed by atoms with E-state index in [4.69, 9.17) is 21.1 Å². The zero-order valence-corrected chi connectivity index (χ0v) is 12.2. The maximum atomic E-state index is 12.8. The molecule has 3 atom stereocenters. The van der Waals surface area contributed by atoms with Crippen LogP contribution in [0, 0.1) is 0 Å². The minimum absolute atomic E-state index is 0.0746. The molecule has 0 N–H and O–H groups in total. The molecule has 0 saturated carbocycles. The molecule has 1 aromatic carbocycles. The van der Waals surface area contributed by atoms with Crippen LogP contribution in [-0.2, 0) is 9.53 Å². The predicted octanol–water partition coefficient (Wildman–Crippen LogP) is 2.02. The Hall–Kier alpha value is -1.26. The highest BCUT2D eigenvalue weighted by molar-refractivity contribution is 6.18. The number of rotatable bonds is 2. The van der Waals surface area contributed by atoms with Gasteiger partial charge in [-0.2, -0.15) is 0 Å². The van der Waals surface area contributed by atoms with Crippen molar-refractivity contribution in [3.63, 3.8) is 0 Å². The van der Waals surface area contributed by atoms with Gasteiger partial charge in [-0.1, -0.05) is 18.2 Å². The number of para-hydroxylation sites is 1. The van der Waals surface area contributed by atoms with Gasteiger partial charge in [0.25, 0.3) is 0 Å². The minimum Gasteiger partial charge on any atom is -0.492 e. The monoisotopic (exact) mass is 295 g/mol. The van der Waals surface area contributed by atoms with Crippen LogP contribution in [0.5, 0.6) is 5.75 Å². The van der Waals surface area contributed by atoms with Crippen molar-refractivity contribution in [2.45, 2.75) is 25.0 Å². The number of fused-ring (bicyclic) bond motifs is 1. The van der Waals surface area contributed by atoms with Crippen LogP contribution in [0.3, 0.4) is 0 Å².